The summed E-state index contributed by atoms with van der Waals surface area (Å²) in [5.41, 5.74) is 0.565. The van der Waals surface area contributed by atoms with Crippen molar-refractivity contribution < 1.29 is 14.3 Å². The Bertz CT molecular complexity index is 699. The van der Waals surface area contributed by atoms with E-state index in [1.54, 1.807) is 29.2 Å². The van der Waals surface area contributed by atoms with Crippen LogP contribution in [-0.4, -0.2) is 29.8 Å². The van der Waals surface area contributed by atoms with Gasteiger partial charge in [-0.1, -0.05) is 38.5 Å². The quantitative estimate of drug-likeness (QED) is 0.712. The van der Waals surface area contributed by atoms with Crippen molar-refractivity contribution in [2.24, 2.45) is 0 Å². The largest absolute Gasteiger partial charge is 0.457 e. The number of amides is 2. The van der Waals surface area contributed by atoms with Crippen LogP contribution in [0.5, 0.6) is 11.5 Å². The molecule has 0 saturated carbocycles. The van der Waals surface area contributed by atoms with Gasteiger partial charge in [0.2, 0.25) is 0 Å². The molecule has 0 aliphatic rings. The summed E-state index contributed by atoms with van der Waals surface area (Å²) in [7, 11) is 0. The van der Waals surface area contributed by atoms with Crippen LogP contribution in [-0.2, 0) is 9.59 Å². The molecule has 26 heavy (non-hydrogen) atoms. The van der Waals surface area contributed by atoms with Gasteiger partial charge in [-0.3, -0.25) is 9.59 Å². The lowest BCUT2D eigenvalue weighted by Gasteiger charge is -2.21. The summed E-state index contributed by atoms with van der Waals surface area (Å²) in [5.74, 6) is 0.317. The summed E-state index contributed by atoms with van der Waals surface area (Å²) in [6.07, 6.45) is 2.71. The monoisotopic (exact) mass is 354 g/mol. The molecule has 2 amide bonds. The Hall–Kier alpha value is -2.82. The van der Waals surface area contributed by atoms with Crippen molar-refractivity contribution in [2.45, 2.75) is 33.1 Å². The van der Waals surface area contributed by atoms with E-state index in [1.165, 1.54) is 0 Å². The molecular weight excluding hydrogens is 328 g/mol. The van der Waals surface area contributed by atoms with E-state index in [0.29, 0.717) is 24.5 Å². The third kappa shape index (κ3) is 5.92. The summed E-state index contributed by atoms with van der Waals surface area (Å²) in [5, 5.41) is 2.66. The molecular formula is C21H26N2O3. The molecule has 0 saturated heterocycles. The van der Waals surface area contributed by atoms with E-state index in [0.717, 1.165) is 25.0 Å². The average molecular weight is 354 g/mol. The van der Waals surface area contributed by atoms with Crippen LogP contribution in [0.4, 0.5) is 5.69 Å². The Labute approximate surface area is 155 Å². The number of anilines is 1. The Morgan fingerprint density at radius 2 is 1.54 bits per heavy atom. The van der Waals surface area contributed by atoms with Gasteiger partial charge >= 0.3 is 11.8 Å². The van der Waals surface area contributed by atoms with Gasteiger partial charge < -0.3 is 15.0 Å². The van der Waals surface area contributed by atoms with Crippen LogP contribution in [0.25, 0.3) is 0 Å². The molecule has 0 unspecified atom stereocenters. The van der Waals surface area contributed by atoms with Gasteiger partial charge in [0.15, 0.2) is 0 Å². The Morgan fingerprint density at radius 3 is 2.15 bits per heavy atom. The van der Waals surface area contributed by atoms with Crippen molar-refractivity contribution in [3.63, 3.8) is 0 Å². The molecule has 138 valence electrons. The van der Waals surface area contributed by atoms with Gasteiger partial charge in [-0.15, -0.1) is 0 Å². The first-order valence-corrected chi connectivity index (χ1v) is 9.07. The minimum atomic E-state index is -0.605. The van der Waals surface area contributed by atoms with E-state index < -0.39 is 11.8 Å². The minimum Gasteiger partial charge on any atom is -0.457 e. The molecule has 0 bridgehead atoms. The second-order valence-electron chi connectivity index (χ2n) is 6.04. The first-order chi connectivity index (χ1) is 12.6. The van der Waals surface area contributed by atoms with Gasteiger partial charge in [-0.05, 0) is 49.2 Å². The van der Waals surface area contributed by atoms with Crippen LogP contribution in [0.2, 0.25) is 0 Å². The fourth-order valence-electron chi connectivity index (χ4n) is 2.49. The SMILES string of the molecule is CCCCN(CCC)C(=O)C(=O)Nc1ccc(Oc2ccccc2)cc1. The Kier molecular flexibility index (Phi) is 7.68. The van der Waals surface area contributed by atoms with Crippen molar-refractivity contribution in [3.05, 3.63) is 54.6 Å². The number of para-hydroxylation sites is 1. The first kappa shape index (κ1) is 19.5. The van der Waals surface area contributed by atoms with Crippen molar-refractivity contribution in [1.82, 2.24) is 4.90 Å². The second-order valence-corrected chi connectivity index (χ2v) is 6.04. The fourth-order valence-corrected chi connectivity index (χ4v) is 2.49. The normalized spacial score (nSPS) is 10.2. The molecule has 0 radical (unpaired) electrons. The maximum atomic E-state index is 12.3. The number of carbonyl (C=O) groups excluding carboxylic acids is 2. The molecule has 0 atom stereocenters. The topological polar surface area (TPSA) is 58.6 Å². The highest BCUT2D eigenvalue weighted by Crippen LogP contribution is 2.22. The third-order valence-corrected chi connectivity index (χ3v) is 3.85. The molecule has 0 aliphatic heterocycles. The first-order valence-electron chi connectivity index (χ1n) is 9.07. The van der Waals surface area contributed by atoms with Crippen LogP contribution in [0.1, 0.15) is 33.1 Å². The molecule has 2 aromatic rings. The van der Waals surface area contributed by atoms with Crippen molar-refractivity contribution in [1.29, 1.82) is 0 Å². The number of benzene rings is 2. The van der Waals surface area contributed by atoms with Gasteiger partial charge in [0.1, 0.15) is 11.5 Å². The molecule has 2 rings (SSSR count). The lowest BCUT2D eigenvalue weighted by molar-refractivity contribution is -0.143. The zero-order valence-corrected chi connectivity index (χ0v) is 15.4. The highest BCUT2D eigenvalue weighted by atomic mass is 16.5. The number of nitrogens with zero attached hydrogens (tertiary/aromatic N) is 1. The number of nitrogens with one attached hydrogen (secondary N) is 1. The Balaban J connectivity index is 1.94. The smallest absolute Gasteiger partial charge is 0.313 e. The summed E-state index contributed by atoms with van der Waals surface area (Å²) < 4.78 is 5.71. The third-order valence-electron chi connectivity index (χ3n) is 3.85. The molecule has 2 aromatic carbocycles. The van der Waals surface area contributed by atoms with E-state index in [-0.39, 0.29) is 0 Å². The van der Waals surface area contributed by atoms with Crippen LogP contribution in [0, 0.1) is 0 Å². The van der Waals surface area contributed by atoms with E-state index in [2.05, 4.69) is 12.2 Å². The molecule has 5 heteroatoms. The summed E-state index contributed by atoms with van der Waals surface area (Å²) in [4.78, 5) is 26.2. The number of ether oxygens (including phenoxy) is 1. The molecule has 0 heterocycles. The summed E-state index contributed by atoms with van der Waals surface area (Å²) in [6.45, 7) is 5.26. The molecule has 0 aromatic heterocycles. The number of hydrogen-bond donors (Lipinski definition) is 1. The summed E-state index contributed by atoms with van der Waals surface area (Å²) in [6, 6.07) is 16.4. The lowest BCUT2D eigenvalue weighted by atomic mass is 10.2. The molecule has 0 fully saturated rings. The van der Waals surface area contributed by atoms with Crippen LogP contribution < -0.4 is 10.1 Å². The number of hydrogen-bond acceptors (Lipinski definition) is 3. The zero-order valence-electron chi connectivity index (χ0n) is 15.4. The zero-order chi connectivity index (χ0) is 18.8. The predicted octanol–water partition coefficient (Wildman–Crippen LogP) is 4.46. The fraction of sp³-hybridized carbons (Fsp3) is 0.333. The summed E-state index contributed by atoms with van der Waals surface area (Å²) >= 11 is 0. The molecule has 0 aliphatic carbocycles. The van der Waals surface area contributed by atoms with Crippen LogP contribution >= 0.6 is 0 Å². The van der Waals surface area contributed by atoms with Crippen LogP contribution in [0.3, 0.4) is 0 Å². The average Bonchev–Trinajstić information content (AvgIpc) is 2.67. The maximum absolute atomic E-state index is 12.3. The van der Waals surface area contributed by atoms with E-state index in [1.807, 2.05) is 37.3 Å². The van der Waals surface area contributed by atoms with Gasteiger partial charge in [-0.2, -0.15) is 0 Å². The molecule has 1 N–H and O–H groups in total. The maximum Gasteiger partial charge on any atom is 0.313 e. The highest BCUT2D eigenvalue weighted by Gasteiger charge is 2.20. The lowest BCUT2D eigenvalue weighted by Crippen LogP contribution is -2.40. The van der Waals surface area contributed by atoms with E-state index >= 15 is 0 Å². The van der Waals surface area contributed by atoms with Crippen molar-refractivity contribution in [3.8, 4) is 11.5 Å². The minimum absolute atomic E-state index is 0.482. The van der Waals surface area contributed by atoms with Gasteiger partial charge in [0, 0.05) is 18.8 Å². The van der Waals surface area contributed by atoms with Gasteiger partial charge in [0.05, 0.1) is 0 Å². The Morgan fingerprint density at radius 1 is 0.885 bits per heavy atom. The van der Waals surface area contributed by atoms with Gasteiger partial charge in [0.25, 0.3) is 0 Å². The number of carbonyl (C=O) groups is 2. The van der Waals surface area contributed by atoms with E-state index in [9.17, 15) is 9.59 Å². The van der Waals surface area contributed by atoms with E-state index in [4.69, 9.17) is 4.74 Å². The predicted molar refractivity (Wildman–Crippen MR) is 103 cm³/mol. The standard InChI is InChI=1S/C21H26N2O3/c1-3-5-16-23(15-4-2)21(25)20(24)22-17-11-13-19(14-12-17)26-18-9-7-6-8-10-18/h6-14H,3-5,15-16H2,1-2H3,(H,22,24). The van der Waals surface area contributed by atoms with Crippen molar-refractivity contribution in [2.75, 3.05) is 18.4 Å². The number of rotatable bonds is 8. The van der Waals surface area contributed by atoms with Crippen LogP contribution in [0.15, 0.2) is 54.6 Å². The molecule has 0 spiro atoms. The van der Waals surface area contributed by atoms with Gasteiger partial charge in [-0.25, -0.2) is 0 Å². The van der Waals surface area contributed by atoms with Crippen molar-refractivity contribution >= 4 is 17.5 Å². The second kappa shape index (κ2) is 10.2. The highest BCUT2D eigenvalue weighted by molar-refractivity contribution is 6.39. The number of unbranched alkanes of at least 4 members (excludes halogenated alkanes) is 1. The molecule has 5 nitrogen and oxygen atoms in total.